The number of rotatable bonds is 6. The quantitative estimate of drug-likeness (QED) is 0.812. The average Bonchev–Trinajstić information content (AvgIpc) is 2.26. The van der Waals surface area contributed by atoms with Gasteiger partial charge in [0.05, 0.1) is 13.7 Å². The molecule has 102 valence electrons. The Hall–Kier alpha value is -0.950. The predicted octanol–water partition coefficient (Wildman–Crippen LogP) is 3.45. The first-order valence-corrected chi connectivity index (χ1v) is 5.93. The second-order valence-corrected chi connectivity index (χ2v) is 4.39. The Morgan fingerprint density at radius 1 is 1.28 bits per heavy atom. The Balaban J connectivity index is 2.33. The topological polar surface area (TPSA) is 30.5 Å². The number of hydrogen-bond donors (Lipinski definition) is 1. The summed E-state index contributed by atoms with van der Waals surface area (Å²) in [7, 11) is 1.54. The fourth-order valence-electron chi connectivity index (χ4n) is 1.24. The van der Waals surface area contributed by atoms with Crippen LogP contribution in [0, 0.1) is 0 Å². The van der Waals surface area contributed by atoms with Gasteiger partial charge in [0, 0.05) is 22.8 Å². The molecule has 0 saturated heterocycles. The summed E-state index contributed by atoms with van der Waals surface area (Å²) in [5, 5.41) is 2.94. The van der Waals surface area contributed by atoms with Crippen LogP contribution in [0.4, 0.5) is 18.9 Å². The number of hydrogen-bond acceptors (Lipinski definition) is 3. The summed E-state index contributed by atoms with van der Waals surface area (Å²) in [6, 6.07) is 5.33. The van der Waals surface area contributed by atoms with Crippen molar-refractivity contribution >= 4 is 21.6 Å². The highest BCUT2D eigenvalue weighted by atomic mass is 79.9. The van der Waals surface area contributed by atoms with Crippen molar-refractivity contribution < 1.29 is 22.6 Å². The fraction of sp³-hybridized carbons (Fsp3) is 0.455. The summed E-state index contributed by atoms with van der Waals surface area (Å²) in [4.78, 5) is 0. The maximum absolute atomic E-state index is 11.8. The molecule has 1 N–H and O–H groups in total. The van der Waals surface area contributed by atoms with E-state index < -0.39 is 12.8 Å². The van der Waals surface area contributed by atoms with Gasteiger partial charge in [-0.15, -0.1) is 0 Å². The molecule has 0 spiro atoms. The van der Waals surface area contributed by atoms with Crippen LogP contribution in [0.2, 0.25) is 0 Å². The fourth-order valence-corrected chi connectivity index (χ4v) is 1.71. The van der Waals surface area contributed by atoms with Crippen molar-refractivity contribution in [3.63, 3.8) is 0 Å². The molecule has 0 bridgehead atoms. The van der Waals surface area contributed by atoms with Crippen molar-refractivity contribution in [2.24, 2.45) is 0 Å². The first-order valence-electron chi connectivity index (χ1n) is 5.13. The van der Waals surface area contributed by atoms with Gasteiger partial charge in [0.25, 0.3) is 0 Å². The number of methoxy groups -OCH3 is 1. The summed E-state index contributed by atoms with van der Waals surface area (Å²) < 4.78 is 45.7. The van der Waals surface area contributed by atoms with Crippen molar-refractivity contribution in [2.75, 3.05) is 32.2 Å². The van der Waals surface area contributed by atoms with Crippen molar-refractivity contribution in [2.45, 2.75) is 6.18 Å². The van der Waals surface area contributed by atoms with E-state index in [1.807, 2.05) is 0 Å². The molecule has 3 nitrogen and oxygen atoms in total. The molecule has 18 heavy (non-hydrogen) atoms. The highest BCUT2D eigenvalue weighted by Gasteiger charge is 2.27. The molecule has 1 aromatic rings. The van der Waals surface area contributed by atoms with Gasteiger partial charge in [-0.3, -0.25) is 0 Å². The molecule has 0 heterocycles. The zero-order valence-corrected chi connectivity index (χ0v) is 11.3. The highest BCUT2D eigenvalue weighted by Crippen LogP contribution is 2.24. The molecule has 0 amide bonds. The third-order valence-corrected chi connectivity index (χ3v) is 2.41. The van der Waals surface area contributed by atoms with Crippen molar-refractivity contribution in [1.82, 2.24) is 0 Å². The van der Waals surface area contributed by atoms with Crippen molar-refractivity contribution in [1.29, 1.82) is 0 Å². The lowest BCUT2D eigenvalue weighted by molar-refractivity contribution is -0.172. The lowest BCUT2D eigenvalue weighted by Crippen LogP contribution is -2.20. The largest absolute Gasteiger partial charge is 0.497 e. The highest BCUT2D eigenvalue weighted by molar-refractivity contribution is 9.10. The van der Waals surface area contributed by atoms with Gasteiger partial charge >= 0.3 is 6.18 Å². The smallest absolute Gasteiger partial charge is 0.411 e. The summed E-state index contributed by atoms with van der Waals surface area (Å²) in [5.74, 6) is 0.656. The Morgan fingerprint density at radius 3 is 2.61 bits per heavy atom. The Bertz CT molecular complexity index is 385. The minimum atomic E-state index is -4.28. The lowest BCUT2D eigenvalue weighted by atomic mass is 10.3. The lowest BCUT2D eigenvalue weighted by Gasteiger charge is -2.10. The second kappa shape index (κ2) is 6.84. The number of benzene rings is 1. The average molecular weight is 328 g/mol. The Morgan fingerprint density at radius 2 is 2.00 bits per heavy atom. The number of halogens is 4. The van der Waals surface area contributed by atoms with Crippen LogP contribution in [0.25, 0.3) is 0 Å². The van der Waals surface area contributed by atoms with Gasteiger partial charge in [-0.2, -0.15) is 13.2 Å². The molecule has 1 rings (SSSR count). The standard InChI is InChI=1S/C11H13BrF3NO2/c1-17-10-5-8(12)4-9(6-10)16-2-3-18-7-11(13,14)15/h4-6,16H,2-3,7H2,1H3. The van der Waals surface area contributed by atoms with Crippen LogP contribution >= 0.6 is 15.9 Å². The van der Waals surface area contributed by atoms with Crippen LogP contribution in [0.5, 0.6) is 5.75 Å². The van der Waals surface area contributed by atoms with Crippen LogP contribution in [0.15, 0.2) is 22.7 Å². The van der Waals surface area contributed by atoms with E-state index in [1.54, 1.807) is 18.2 Å². The van der Waals surface area contributed by atoms with E-state index in [2.05, 4.69) is 26.0 Å². The van der Waals surface area contributed by atoms with Gasteiger partial charge in [-0.05, 0) is 12.1 Å². The SMILES string of the molecule is COc1cc(Br)cc(NCCOCC(F)(F)F)c1. The normalized spacial score (nSPS) is 11.4. The summed E-state index contributed by atoms with van der Waals surface area (Å²) >= 11 is 3.30. The van der Waals surface area contributed by atoms with Crippen LogP contribution in [0.1, 0.15) is 0 Å². The minimum absolute atomic E-state index is 0.0195. The van der Waals surface area contributed by atoms with Gasteiger partial charge in [-0.25, -0.2) is 0 Å². The molecule has 0 aromatic heterocycles. The number of alkyl halides is 3. The van der Waals surface area contributed by atoms with Gasteiger partial charge in [0.15, 0.2) is 0 Å². The monoisotopic (exact) mass is 327 g/mol. The molecule has 0 radical (unpaired) electrons. The van der Waals surface area contributed by atoms with Crippen molar-refractivity contribution in [3.8, 4) is 5.75 Å². The molecule has 0 aliphatic rings. The molecule has 0 unspecified atom stereocenters. The van der Waals surface area contributed by atoms with Crippen LogP contribution in [0.3, 0.4) is 0 Å². The first-order chi connectivity index (χ1) is 8.40. The first kappa shape index (κ1) is 15.1. The third kappa shape index (κ3) is 6.11. The second-order valence-electron chi connectivity index (χ2n) is 3.47. The van der Waals surface area contributed by atoms with Gasteiger partial charge in [0.2, 0.25) is 0 Å². The van der Waals surface area contributed by atoms with E-state index in [9.17, 15) is 13.2 Å². The predicted molar refractivity (Wildman–Crippen MR) is 66.1 cm³/mol. The molecule has 0 fully saturated rings. The van der Waals surface area contributed by atoms with Gasteiger partial charge in [0.1, 0.15) is 12.4 Å². The van der Waals surface area contributed by atoms with E-state index in [0.717, 1.165) is 10.2 Å². The zero-order valence-electron chi connectivity index (χ0n) is 9.68. The zero-order chi connectivity index (χ0) is 13.6. The Labute approximate surface area is 111 Å². The van der Waals surface area contributed by atoms with Gasteiger partial charge < -0.3 is 14.8 Å². The Kier molecular flexibility index (Phi) is 5.74. The summed E-state index contributed by atoms with van der Waals surface area (Å²) in [6.07, 6.45) is -4.28. The number of anilines is 1. The maximum atomic E-state index is 11.8. The molecule has 1 aromatic carbocycles. The molecule has 0 saturated carbocycles. The maximum Gasteiger partial charge on any atom is 0.411 e. The molecule has 0 aliphatic heterocycles. The molecule has 0 aliphatic carbocycles. The van der Waals surface area contributed by atoms with Crippen LogP contribution in [-0.2, 0) is 4.74 Å². The van der Waals surface area contributed by atoms with E-state index in [-0.39, 0.29) is 13.2 Å². The summed E-state index contributed by atoms with van der Waals surface area (Å²) in [6.45, 7) is -0.958. The number of nitrogens with one attached hydrogen (secondary N) is 1. The van der Waals surface area contributed by atoms with E-state index >= 15 is 0 Å². The van der Waals surface area contributed by atoms with Crippen LogP contribution in [-0.4, -0.2) is 33.0 Å². The molecular formula is C11H13BrF3NO2. The van der Waals surface area contributed by atoms with Crippen LogP contribution < -0.4 is 10.1 Å². The van der Waals surface area contributed by atoms with Crippen molar-refractivity contribution in [3.05, 3.63) is 22.7 Å². The van der Waals surface area contributed by atoms with E-state index in [0.29, 0.717) is 5.75 Å². The molecule has 7 heteroatoms. The minimum Gasteiger partial charge on any atom is -0.497 e. The third-order valence-electron chi connectivity index (χ3n) is 1.95. The molecule has 0 atom stereocenters. The number of ether oxygens (including phenoxy) is 2. The summed E-state index contributed by atoms with van der Waals surface area (Å²) in [5.41, 5.74) is 0.747. The van der Waals surface area contributed by atoms with E-state index in [4.69, 9.17) is 4.74 Å². The molecular weight excluding hydrogens is 315 g/mol. The van der Waals surface area contributed by atoms with E-state index in [1.165, 1.54) is 7.11 Å². The van der Waals surface area contributed by atoms with Gasteiger partial charge in [-0.1, -0.05) is 15.9 Å².